The molecule has 0 heterocycles. The lowest BCUT2D eigenvalue weighted by Gasteiger charge is -2.33. The van der Waals surface area contributed by atoms with Crippen molar-refractivity contribution >= 4 is 11.9 Å². The largest absolute Gasteiger partial charge is 0.465 e. The van der Waals surface area contributed by atoms with E-state index in [0.717, 1.165) is 32.1 Å². The van der Waals surface area contributed by atoms with Gasteiger partial charge in [-0.1, -0.05) is 85.0 Å². The fourth-order valence-electron chi connectivity index (χ4n) is 3.75. The highest BCUT2D eigenvalue weighted by Crippen LogP contribution is 2.48. The van der Waals surface area contributed by atoms with Gasteiger partial charge in [-0.05, 0) is 19.3 Å². The molecule has 0 spiro atoms. The molecule has 0 aromatic carbocycles. The van der Waals surface area contributed by atoms with Crippen molar-refractivity contribution in [1.29, 1.82) is 0 Å². The third-order valence-electron chi connectivity index (χ3n) is 6.51. The molecular weight excluding hydrogens is 516 g/mol. The minimum Gasteiger partial charge on any atom is -0.465 e. The summed E-state index contributed by atoms with van der Waals surface area (Å²) in [6.07, 6.45) is 5.82. The second-order valence-corrected chi connectivity index (χ2v) is 9.24. The Balaban J connectivity index is 4.71. The summed E-state index contributed by atoms with van der Waals surface area (Å²) in [5, 5.41) is 0. The van der Waals surface area contributed by atoms with Gasteiger partial charge in [0.25, 0.3) is 0 Å². The van der Waals surface area contributed by atoms with Gasteiger partial charge < -0.3 is 9.47 Å². The van der Waals surface area contributed by atoms with Gasteiger partial charge in [-0.15, -0.1) is 0 Å². The molecule has 220 valence electrons. The molecule has 0 unspecified atom stereocenters. The van der Waals surface area contributed by atoms with E-state index in [1.54, 1.807) is 0 Å². The number of esters is 2. The molecule has 0 saturated carbocycles. The molecule has 0 N–H and O–H groups in total. The molecular formula is C25H40F8O4. The molecule has 0 aromatic rings. The van der Waals surface area contributed by atoms with Crippen LogP contribution in [0.25, 0.3) is 0 Å². The number of hydrogen-bond donors (Lipinski definition) is 0. The van der Waals surface area contributed by atoms with Crippen LogP contribution in [-0.4, -0.2) is 49.3 Å². The van der Waals surface area contributed by atoms with Gasteiger partial charge >= 0.3 is 36.1 Å². The van der Waals surface area contributed by atoms with Gasteiger partial charge in [-0.3, -0.25) is 9.59 Å². The molecule has 0 atom stereocenters. The van der Waals surface area contributed by atoms with E-state index in [1.165, 1.54) is 46.0 Å². The first-order valence-electron chi connectivity index (χ1n) is 12.9. The van der Waals surface area contributed by atoms with Crippen LogP contribution in [0.4, 0.5) is 35.1 Å². The predicted octanol–water partition coefficient (Wildman–Crippen LogP) is 8.36. The Bertz CT molecular complexity index is 667. The summed E-state index contributed by atoms with van der Waals surface area (Å²) in [6, 6.07) is 0. The lowest BCUT2D eigenvalue weighted by molar-refractivity contribution is -0.344. The monoisotopic (exact) mass is 556 g/mol. The zero-order valence-electron chi connectivity index (χ0n) is 21.8. The van der Waals surface area contributed by atoms with E-state index in [9.17, 15) is 44.7 Å². The van der Waals surface area contributed by atoms with Crippen LogP contribution in [-0.2, 0) is 19.1 Å². The summed E-state index contributed by atoms with van der Waals surface area (Å²) in [7, 11) is 0. The number of halogens is 8. The van der Waals surface area contributed by atoms with E-state index in [1.807, 2.05) is 0 Å². The van der Waals surface area contributed by atoms with Crippen LogP contribution in [0.2, 0.25) is 0 Å². The lowest BCUT2D eigenvalue weighted by atomic mass is 9.82. The minimum absolute atomic E-state index is 0.0697. The molecule has 0 aliphatic rings. The molecule has 0 saturated heterocycles. The van der Waals surface area contributed by atoms with Gasteiger partial charge in [-0.25, -0.2) is 8.78 Å². The van der Waals surface area contributed by atoms with E-state index in [-0.39, 0.29) is 19.4 Å². The molecule has 0 fully saturated rings. The van der Waals surface area contributed by atoms with Crippen molar-refractivity contribution in [2.24, 2.45) is 5.41 Å². The van der Waals surface area contributed by atoms with Gasteiger partial charge in [-0.2, -0.15) is 26.3 Å². The van der Waals surface area contributed by atoms with Crippen LogP contribution in [0.15, 0.2) is 0 Å². The van der Waals surface area contributed by atoms with Crippen molar-refractivity contribution in [2.45, 2.75) is 128 Å². The lowest BCUT2D eigenvalue weighted by Crippen LogP contribution is -2.59. The Morgan fingerprint density at radius 2 is 1.05 bits per heavy atom. The van der Waals surface area contributed by atoms with Gasteiger partial charge in [0.2, 0.25) is 0 Å². The fourth-order valence-corrected chi connectivity index (χ4v) is 3.75. The SMILES string of the molecule is CCCCCCCCCCCCCOC(=O)C(CC)(CC)C(=O)OCC(F)(F)C(F)(F)C(F)(F)C(F)F. The quantitative estimate of drug-likeness (QED) is 0.0617. The van der Waals surface area contributed by atoms with Crippen molar-refractivity contribution in [3.05, 3.63) is 0 Å². The third kappa shape index (κ3) is 9.89. The van der Waals surface area contributed by atoms with Crippen molar-refractivity contribution in [3.63, 3.8) is 0 Å². The molecule has 0 rings (SSSR count). The molecule has 4 nitrogen and oxygen atoms in total. The van der Waals surface area contributed by atoms with Crippen LogP contribution in [0.5, 0.6) is 0 Å². The van der Waals surface area contributed by atoms with E-state index >= 15 is 0 Å². The zero-order valence-corrected chi connectivity index (χ0v) is 21.8. The summed E-state index contributed by atoms with van der Waals surface area (Å²) in [5.74, 6) is -21.5. The Morgan fingerprint density at radius 3 is 1.46 bits per heavy atom. The second-order valence-electron chi connectivity index (χ2n) is 9.24. The molecule has 0 aliphatic carbocycles. The van der Waals surface area contributed by atoms with E-state index in [0.29, 0.717) is 6.42 Å². The molecule has 0 aliphatic heterocycles. The van der Waals surface area contributed by atoms with Crippen LogP contribution >= 0.6 is 0 Å². The van der Waals surface area contributed by atoms with Crippen LogP contribution in [0.3, 0.4) is 0 Å². The van der Waals surface area contributed by atoms with Crippen molar-refractivity contribution in [3.8, 4) is 0 Å². The summed E-state index contributed by atoms with van der Waals surface area (Å²) in [4.78, 5) is 25.0. The standard InChI is InChI=1S/C25H40F8O4/c1-4-7-8-9-10-11-12-13-14-15-16-17-36-20(34)22(5-2,6-3)21(35)37-18-23(28,29)25(32,33)24(30,31)19(26)27/h19H,4-18H2,1-3H3. The predicted molar refractivity (Wildman–Crippen MR) is 122 cm³/mol. The van der Waals surface area contributed by atoms with E-state index < -0.39 is 48.2 Å². The number of alkyl halides is 8. The minimum atomic E-state index is -6.51. The van der Waals surface area contributed by atoms with Gasteiger partial charge in [0, 0.05) is 0 Å². The van der Waals surface area contributed by atoms with Gasteiger partial charge in [0.15, 0.2) is 12.0 Å². The van der Waals surface area contributed by atoms with Gasteiger partial charge in [0.1, 0.15) is 0 Å². The van der Waals surface area contributed by atoms with Gasteiger partial charge in [0.05, 0.1) is 6.61 Å². The normalized spacial score (nSPS) is 13.2. The number of rotatable bonds is 21. The first kappa shape index (κ1) is 35.4. The first-order valence-corrected chi connectivity index (χ1v) is 12.9. The Morgan fingerprint density at radius 1 is 0.649 bits per heavy atom. The average Bonchev–Trinajstić information content (AvgIpc) is 2.84. The molecule has 0 bridgehead atoms. The van der Waals surface area contributed by atoms with Crippen molar-refractivity contribution < 1.29 is 54.2 Å². The maximum atomic E-state index is 13.7. The maximum absolute atomic E-state index is 13.7. The molecule has 0 amide bonds. The molecule has 37 heavy (non-hydrogen) atoms. The average molecular weight is 557 g/mol. The third-order valence-corrected chi connectivity index (χ3v) is 6.51. The highest BCUT2D eigenvalue weighted by Gasteiger charge is 2.75. The Kier molecular flexibility index (Phi) is 15.6. The topological polar surface area (TPSA) is 52.6 Å². The summed E-state index contributed by atoms with van der Waals surface area (Å²) in [5.41, 5.74) is -2.13. The number of carbonyl (C=O) groups is 2. The number of unbranched alkanes of at least 4 members (excludes halogenated alkanes) is 10. The highest BCUT2D eigenvalue weighted by molar-refractivity contribution is 6.00. The molecule has 0 aromatic heterocycles. The van der Waals surface area contributed by atoms with Crippen LogP contribution in [0, 0.1) is 5.41 Å². The Hall–Kier alpha value is -1.62. The maximum Gasteiger partial charge on any atom is 0.381 e. The number of ether oxygens (including phenoxy) is 2. The number of hydrogen-bond acceptors (Lipinski definition) is 4. The zero-order chi connectivity index (χ0) is 28.8. The van der Waals surface area contributed by atoms with Crippen molar-refractivity contribution in [1.82, 2.24) is 0 Å². The fraction of sp³-hybridized carbons (Fsp3) is 0.920. The summed E-state index contributed by atoms with van der Waals surface area (Å²) >= 11 is 0. The highest BCUT2D eigenvalue weighted by atomic mass is 19.4. The van der Waals surface area contributed by atoms with Crippen LogP contribution < -0.4 is 0 Å². The summed E-state index contributed by atoms with van der Waals surface area (Å²) < 4.78 is 114. The smallest absolute Gasteiger partial charge is 0.381 e. The van der Waals surface area contributed by atoms with Crippen LogP contribution in [0.1, 0.15) is 104 Å². The van der Waals surface area contributed by atoms with E-state index in [2.05, 4.69) is 11.7 Å². The summed E-state index contributed by atoms with van der Waals surface area (Å²) in [6.45, 7) is 2.12. The first-order chi connectivity index (χ1) is 17.2. The molecule has 0 radical (unpaired) electrons. The Labute approximate surface area is 213 Å². The second kappa shape index (κ2) is 16.4. The number of carbonyl (C=O) groups excluding carboxylic acids is 2. The molecule has 12 heteroatoms. The van der Waals surface area contributed by atoms with Crippen molar-refractivity contribution in [2.75, 3.05) is 13.2 Å². The van der Waals surface area contributed by atoms with E-state index in [4.69, 9.17) is 4.74 Å².